The van der Waals surface area contributed by atoms with E-state index in [0.29, 0.717) is 12.5 Å². The van der Waals surface area contributed by atoms with E-state index in [4.69, 9.17) is 9.47 Å². The Hall–Kier alpha value is -1.35. The minimum Gasteiger partial charge on any atom is -0.450 e. The highest BCUT2D eigenvalue weighted by molar-refractivity contribution is 5.93. The molecule has 0 unspecified atom stereocenters. The summed E-state index contributed by atoms with van der Waals surface area (Å²) in [7, 11) is 0. The summed E-state index contributed by atoms with van der Waals surface area (Å²) in [5.41, 5.74) is 0.759. The molecule has 0 aromatic carbocycles. The fourth-order valence-corrected chi connectivity index (χ4v) is 0.726. The highest BCUT2D eigenvalue weighted by atomic mass is 16.7. The Morgan fingerprint density at radius 2 is 2.33 bits per heavy atom. The Bertz CT molecular complexity index is 241. The zero-order valence-electron chi connectivity index (χ0n) is 6.82. The second-order valence-electron chi connectivity index (χ2n) is 2.23. The summed E-state index contributed by atoms with van der Waals surface area (Å²) in [4.78, 5) is 4.02. The standard InChI is InChI=1S/C9H11NO2/c1-3-4-5-10-9-8(2)6-11-7-12-9/h3-5H,1-2,6-7H2/b5-4-,10-9?. The molecule has 3 nitrogen and oxygen atoms in total. The number of ether oxygens (including phenoxy) is 2. The summed E-state index contributed by atoms with van der Waals surface area (Å²) in [6.07, 6.45) is 4.98. The zero-order valence-corrected chi connectivity index (χ0v) is 6.82. The molecule has 0 aromatic heterocycles. The molecule has 0 saturated carbocycles. The molecule has 0 spiro atoms. The first-order valence-corrected chi connectivity index (χ1v) is 3.58. The van der Waals surface area contributed by atoms with E-state index in [9.17, 15) is 0 Å². The number of nitrogens with zero attached hydrogens (tertiary/aromatic N) is 1. The molecule has 64 valence electrons. The van der Waals surface area contributed by atoms with E-state index in [1.807, 2.05) is 0 Å². The van der Waals surface area contributed by atoms with Crippen molar-refractivity contribution in [3.63, 3.8) is 0 Å². The van der Waals surface area contributed by atoms with Gasteiger partial charge in [-0.15, -0.1) is 0 Å². The maximum absolute atomic E-state index is 5.08. The van der Waals surface area contributed by atoms with Gasteiger partial charge in [0.25, 0.3) is 0 Å². The Morgan fingerprint density at radius 1 is 1.50 bits per heavy atom. The van der Waals surface area contributed by atoms with Crippen molar-refractivity contribution in [1.29, 1.82) is 0 Å². The fourth-order valence-electron chi connectivity index (χ4n) is 0.726. The first kappa shape index (κ1) is 8.74. The van der Waals surface area contributed by atoms with Crippen molar-refractivity contribution in [3.05, 3.63) is 37.1 Å². The highest BCUT2D eigenvalue weighted by Gasteiger charge is 2.10. The Balaban J connectivity index is 2.58. The Morgan fingerprint density at radius 3 is 3.00 bits per heavy atom. The van der Waals surface area contributed by atoms with Gasteiger partial charge in [-0.05, 0) is 6.08 Å². The predicted molar refractivity (Wildman–Crippen MR) is 47.8 cm³/mol. The maximum Gasteiger partial charge on any atom is 0.220 e. The van der Waals surface area contributed by atoms with Gasteiger partial charge in [0.2, 0.25) is 5.90 Å². The number of rotatable bonds is 2. The first-order valence-electron chi connectivity index (χ1n) is 3.58. The number of allylic oxidation sites excluding steroid dienone is 2. The second kappa shape index (κ2) is 4.51. The van der Waals surface area contributed by atoms with Gasteiger partial charge in [0.05, 0.1) is 6.61 Å². The van der Waals surface area contributed by atoms with Crippen LogP contribution in [-0.2, 0) is 9.47 Å². The second-order valence-corrected chi connectivity index (χ2v) is 2.23. The molecule has 0 atom stereocenters. The van der Waals surface area contributed by atoms with Crippen molar-refractivity contribution in [2.45, 2.75) is 0 Å². The SMILES string of the molecule is C=C/C=C\N=C1OCOCC1=C. The first-order chi connectivity index (χ1) is 5.84. The molecule has 0 aliphatic carbocycles. The third-order valence-corrected chi connectivity index (χ3v) is 1.27. The van der Waals surface area contributed by atoms with Crippen molar-refractivity contribution >= 4 is 5.90 Å². The Labute approximate surface area is 71.7 Å². The van der Waals surface area contributed by atoms with Gasteiger partial charge in [0.1, 0.15) is 0 Å². The van der Waals surface area contributed by atoms with Gasteiger partial charge in [-0.25, -0.2) is 4.99 Å². The molecular weight excluding hydrogens is 154 g/mol. The van der Waals surface area contributed by atoms with Crippen LogP contribution in [0.2, 0.25) is 0 Å². The third kappa shape index (κ3) is 2.36. The maximum atomic E-state index is 5.08. The van der Waals surface area contributed by atoms with Crippen molar-refractivity contribution in [1.82, 2.24) is 0 Å². The van der Waals surface area contributed by atoms with Crippen LogP contribution in [0.5, 0.6) is 0 Å². The molecule has 0 radical (unpaired) electrons. The molecule has 1 rings (SSSR count). The number of aliphatic imine (C=N–C) groups is 1. The van der Waals surface area contributed by atoms with Gasteiger partial charge in [-0.1, -0.05) is 19.2 Å². The Kier molecular flexibility index (Phi) is 3.29. The van der Waals surface area contributed by atoms with Crippen molar-refractivity contribution in [2.24, 2.45) is 4.99 Å². The summed E-state index contributed by atoms with van der Waals surface area (Å²) in [6.45, 7) is 7.99. The van der Waals surface area contributed by atoms with Gasteiger partial charge < -0.3 is 9.47 Å². The largest absolute Gasteiger partial charge is 0.450 e. The van der Waals surface area contributed by atoms with Crippen LogP contribution in [-0.4, -0.2) is 19.3 Å². The number of hydrogen-bond donors (Lipinski definition) is 0. The van der Waals surface area contributed by atoms with E-state index in [0.717, 1.165) is 5.57 Å². The van der Waals surface area contributed by atoms with E-state index >= 15 is 0 Å². The fraction of sp³-hybridized carbons (Fsp3) is 0.222. The van der Waals surface area contributed by atoms with E-state index < -0.39 is 0 Å². The van der Waals surface area contributed by atoms with Gasteiger partial charge in [0.15, 0.2) is 6.79 Å². The van der Waals surface area contributed by atoms with E-state index in [2.05, 4.69) is 18.2 Å². The summed E-state index contributed by atoms with van der Waals surface area (Å²) in [6, 6.07) is 0. The molecule has 1 saturated heterocycles. The minimum atomic E-state index is 0.250. The molecule has 1 fully saturated rings. The van der Waals surface area contributed by atoms with Gasteiger partial charge >= 0.3 is 0 Å². The van der Waals surface area contributed by atoms with Crippen LogP contribution in [0.15, 0.2) is 42.1 Å². The third-order valence-electron chi connectivity index (χ3n) is 1.27. The van der Waals surface area contributed by atoms with E-state index in [-0.39, 0.29) is 6.79 Å². The monoisotopic (exact) mass is 165 g/mol. The van der Waals surface area contributed by atoms with E-state index in [1.165, 1.54) is 0 Å². The van der Waals surface area contributed by atoms with Crippen molar-refractivity contribution < 1.29 is 9.47 Å². The normalized spacial score (nSPS) is 21.3. The van der Waals surface area contributed by atoms with Crippen molar-refractivity contribution in [3.8, 4) is 0 Å². The number of hydrogen-bond acceptors (Lipinski definition) is 3. The topological polar surface area (TPSA) is 30.8 Å². The van der Waals surface area contributed by atoms with Crippen LogP contribution in [0.25, 0.3) is 0 Å². The molecule has 0 N–H and O–H groups in total. The molecular formula is C9H11NO2. The summed E-state index contributed by atoms with van der Waals surface area (Å²) >= 11 is 0. The van der Waals surface area contributed by atoms with E-state index in [1.54, 1.807) is 18.4 Å². The molecule has 0 bridgehead atoms. The van der Waals surface area contributed by atoms with Crippen LogP contribution in [0, 0.1) is 0 Å². The van der Waals surface area contributed by atoms with Gasteiger partial charge in [-0.3, -0.25) is 0 Å². The average Bonchev–Trinajstić information content (AvgIpc) is 2.09. The zero-order chi connectivity index (χ0) is 8.81. The molecule has 12 heavy (non-hydrogen) atoms. The summed E-state index contributed by atoms with van der Waals surface area (Å²) < 4.78 is 10.1. The van der Waals surface area contributed by atoms with Crippen LogP contribution < -0.4 is 0 Å². The highest BCUT2D eigenvalue weighted by Crippen LogP contribution is 2.05. The van der Waals surface area contributed by atoms with Gasteiger partial charge in [0, 0.05) is 11.8 Å². The lowest BCUT2D eigenvalue weighted by Gasteiger charge is -2.16. The molecule has 3 heteroatoms. The lowest BCUT2D eigenvalue weighted by molar-refractivity contribution is 0.00273. The van der Waals surface area contributed by atoms with Crippen LogP contribution in [0.4, 0.5) is 0 Å². The smallest absolute Gasteiger partial charge is 0.220 e. The molecule has 0 amide bonds. The van der Waals surface area contributed by atoms with Crippen LogP contribution in [0.1, 0.15) is 0 Å². The lowest BCUT2D eigenvalue weighted by atomic mass is 10.3. The summed E-state index contributed by atoms with van der Waals surface area (Å²) in [5.74, 6) is 0.541. The quantitative estimate of drug-likeness (QED) is 0.582. The minimum absolute atomic E-state index is 0.250. The predicted octanol–water partition coefficient (Wildman–Crippen LogP) is 1.65. The molecule has 1 aliphatic rings. The lowest BCUT2D eigenvalue weighted by Crippen LogP contribution is -2.20. The average molecular weight is 165 g/mol. The van der Waals surface area contributed by atoms with Gasteiger partial charge in [-0.2, -0.15) is 0 Å². The summed E-state index contributed by atoms with van der Waals surface area (Å²) in [5, 5.41) is 0. The molecule has 0 aromatic rings. The molecule has 1 heterocycles. The van der Waals surface area contributed by atoms with Crippen molar-refractivity contribution in [2.75, 3.05) is 13.4 Å². The molecule has 1 aliphatic heterocycles. The van der Waals surface area contributed by atoms with Crippen LogP contribution in [0.3, 0.4) is 0 Å². The van der Waals surface area contributed by atoms with Crippen LogP contribution >= 0.6 is 0 Å².